The summed E-state index contributed by atoms with van der Waals surface area (Å²) in [5.41, 5.74) is 1.84. The molecule has 0 radical (unpaired) electrons. The van der Waals surface area contributed by atoms with Gasteiger partial charge in [-0.1, -0.05) is 79.6 Å². The van der Waals surface area contributed by atoms with Crippen molar-refractivity contribution in [2.45, 2.75) is 32.2 Å². The Morgan fingerprint density at radius 3 is 2.45 bits per heavy atom. The standard InChI is InChI=1S/C22H25ClN2O2S2/c1-2-3-13-24-21(27)19(14-16-9-11-18(23)12-10-16)25-20(26)15-29-22(28)17-7-5-4-6-8-17/h4-12,19H,2-3,13-15H2,1H3,(H,24,27)(H,25,26)/t19-/m1/s1. The van der Waals surface area contributed by atoms with Gasteiger partial charge in [-0.05, 0) is 29.7 Å². The molecule has 0 unspecified atom stereocenters. The van der Waals surface area contributed by atoms with Crippen LogP contribution in [0.5, 0.6) is 0 Å². The van der Waals surface area contributed by atoms with Gasteiger partial charge in [0.1, 0.15) is 6.04 Å². The van der Waals surface area contributed by atoms with Gasteiger partial charge in [0.15, 0.2) is 0 Å². The lowest BCUT2D eigenvalue weighted by molar-refractivity contribution is -0.127. The molecule has 0 saturated heterocycles. The molecule has 2 aromatic carbocycles. The van der Waals surface area contributed by atoms with E-state index in [4.69, 9.17) is 23.8 Å². The van der Waals surface area contributed by atoms with Gasteiger partial charge in [-0.3, -0.25) is 9.59 Å². The van der Waals surface area contributed by atoms with Crippen LogP contribution in [0.3, 0.4) is 0 Å². The molecule has 154 valence electrons. The third-order valence-electron chi connectivity index (χ3n) is 4.18. The summed E-state index contributed by atoms with van der Waals surface area (Å²) in [5, 5.41) is 6.38. The van der Waals surface area contributed by atoms with Crippen LogP contribution in [0, 0.1) is 0 Å². The van der Waals surface area contributed by atoms with Crippen LogP contribution in [0.25, 0.3) is 0 Å². The van der Waals surface area contributed by atoms with Crippen LogP contribution in [0.2, 0.25) is 5.02 Å². The Kier molecular flexibility index (Phi) is 10.2. The minimum atomic E-state index is -0.647. The van der Waals surface area contributed by atoms with Gasteiger partial charge in [-0.2, -0.15) is 0 Å². The van der Waals surface area contributed by atoms with E-state index in [1.165, 1.54) is 11.8 Å². The molecule has 1 atom stereocenters. The van der Waals surface area contributed by atoms with Crippen LogP contribution >= 0.6 is 35.6 Å². The molecule has 2 aromatic rings. The minimum Gasteiger partial charge on any atom is -0.354 e. The summed E-state index contributed by atoms with van der Waals surface area (Å²) in [6, 6.07) is 16.2. The van der Waals surface area contributed by atoms with Crippen LogP contribution in [0.1, 0.15) is 30.9 Å². The molecule has 0 aliphatic carbocycles. The Morgan fingerprint density at radius 1 is 1.10 bits per heavy atom. The number of unbranched alkanes of at least 4 members (excludes halogenated alkanes) is 1. The van der Waals surface area contributed by atoms with E-state index >= 15 is 0 Å². The number of thioether (sulfide) groups is 1. The fraction of sp³-hybridized carbons (Fsp3) is 0.318. The highest BCUT2D eigenvalue weighted by molar-refractivity contribution is 8.24. The largest absolute Gasteiger partial charge is 0.354 e. The lowest BCUT2D eigenvalue weighted by Gasteiger charge is -2.19. The first-order chi connectivity index (χ1) is 14.0. The topological polar surface area (TPSA) is 58.2 Å². The van der Waals surface area contributed by atoms with Gasteiger partial charge in [0.2, 0.25) is 11.8 Å². The average molecular weight is 449 g/mol. The van der Waals surface area contributed by atoms with Gasteiger partial charge in [-0.15, -0.1) is 11.8 Å². The lowest BCUT2D eigenvalue weighted by atomic mass is 10.1. The van der Waals surface area contributed by atoms with Crippen molar-refractivity contribution in [3.63, 3.8) is 0 Å². The molecule has 2 rings (SSSR count). The van der Waals surface area contributed by atoms with Crippen LogP contribution in [0.4, 0.5) is 0 Å². The first-order valence-electron chi connectivity index (χ1n) is 9.53. The quantitative estimate of drug-likeness (QED) is 0.418. The van der Waals surface area contributed by atoms with E-state index in [1.54, 1.807) is 12.1 Å². The second kappa shape index (κ2) is 12.6. The molecule has 2 N–H and O–H groups in total. The number of benzene rings is 2. The predicted octanol–water partition coefficient (Wildman–Crippen LogP) is 4.39. The molecule has 0 bridgehead atoms. The summed E-state index contributed by atoms with van der Waals surface area (Å²) in [4.78, 5) is 25.1. The smallest absolute Gasteiger partial charge is 0.242 e. The third kappa shape index (κ3) is 8.56. The maximum absolute atomic E-state index is 12.6. The average Bonchev–Trinajstić information content (AvgIpc) is 2.73. The monoisotopic (exact) mass is 448 g/mol. The zero-order valence-corrected chi connectivity index (χ0v) is 18.7. The molecule has 0 heterocycles. The third-order valence-corrected chi connectivity index (χ3v) is 5.92. The number of thiocarbonyl (C=S) groups is 1. The van der Waals surface area contributed by atoms with Crippen LogP contribution in [0.15, 0.2) is 54.6 Å². The Hall–Kier alpha value is -1.89. The zero-order chi connectivity index (χ0) is 21.1. The molecule has 0 aromatic heterocycles. The Balaban J connectivity index is 1.95. The van der Waals surface area contributed by atoms with Gasteiger partial charge < -0.3 is 10.6 Å². The van der Waals surface area contributed by atoms with Gasteiger partial charge >= 0.3 is 0 Å². The predicted molar refractivity (Wildman–Crippen MR) is 126 cm³/mol. The fourth-order valence-corrected chi connectivity index (χ4v) is 3.69. The highest BCUT2D eigenvalue weighted by Crippen LogP contribution is 2.14. The van der Waals surface area contributed by atoms with Crippen molar-refractivity contribution in [2.24, 2.45) is 0 Å². The van der Waals surface area contributed by atoms with Gasteiger partial charge in [-0.25, -0.2) is 0 Å². The second-order valence-electron chi connectivity index (χ2n) is 6.54. The minimum absolute atomic E-state index is 0.160. The number of carbonyl (C=O) groups excluding carboxylic acids is 2. The molecule has 2 amide bonds. The summed E-state index contributed by atoms with van der Waals surface area (Å²) in [7, 11) is 0. The van der Waals surface area contributed by atoms with Crippen molar-refractivity contribution in [2.75, 3.05) is 12.3 Å². The summed E-state index contributed by atoms with van der Waals surface area (Å²) in [5.74, 6) is -0.247. The number of halogens is 1. The number of carbonyl (C=O) groups is 2. The van der Waals surface area contributed by atoms with E-state index in [0.717, 1.165) is 24.0 Å². The van der Waals surface area contributed by atoms with Crippen LogP contribution in [-0.2, 0) is 16.0 Å². The first kappa shape index (κ1) is 23.4. The van der Waals surface area contributed by atoms with Crippen LogP contribution < -0.4 is 10.6 Å². The van der Waals surface area contributed by atoms with E-state index in [1.807, 2.05) is 42.5 Å². The Labute approximate surface area is 186 Å². The van der Waals surface area contributed by atoms with Crippen molar-refractivity contribution in [1.82, 2.24) is 10.6 Å². The summed E-state index contributed by atoms with van der Waals surface area (Å²) in [6.07, 6.45) is 2.28. The first-order valence-corrected chi connectivity index (χ1v) is 11.3. The number of rotatable bonds is 10. The Bertz CT molecular complexity index is 813. The van der Waals surface area contributed by atoms with E-state index in [-0.39, 0.29) is 17.6 Å². The van der Waals surface area contributed by atoms with Gasteiger partial charge in [0.25, 0.3) is 0 Å². The van der Waals surface area contributed by atoms with E-state index in [2.05, 4.69) is 17.6 Å². The molecule has 29 heavy (non-hydrogen) atoms. The number of nitrogens with one attached hydrogen (secondary N) is 2. The van der Waals surface area contributed by atoms with Gasteiger partial charge in [0, 0.05) is 18.0 Å². The number of hydrogen-bond acceptors (Lipinski definition) is 4. The Morgan fingerprint density at radius 2 is 1.79 bits per heavy atom. The molecular formula is C22H25ClN2O2S2. The number of hydrogen-bond donors (Lipinski definition) is 2. The van der Waals surface area contributed by atoms with Crippen molar-refractivity contribution in [1.29, 1.82) is 0 Å². The normalized spacial score (nSPS) is 11.5. The van der Waals surface area contributed by atoms with Crippen molar-refractivity contribution >= 4 is 51.6 Å². The number of amides is 2. The molecule has 4 nitrogen and oxygen atoms in total. The molecule has 7 heteroatoms. The lowest BCUT2D eigenvalue weighted by Crippen LogP contribution is -2.48. The molecular weight excluding hydrogens is 424 g/mol. The maximum atomic E-state index is 12.6. The van der Waals surface area contributed by atoms with E-state index < -0.39 is 6.04 Å². The van der Waals surface area contributed by atoms with Crippen LogP contribution in [-0.4, -0.2) is 34.4 Å². The molecule has 0 fully saturated rings. The summed E-state index contributed by atoms with van der Waals surface area (Å²) >= 11 is 12.6. The summed E-state index contributed by atoms with van der Waals surface area (Å²) < 4.78 is 0.655. The van der Waals surface area contributed by atoms with E-state index in [0.29, 0.717) is 22.2 Å². The molecule has 0 aliphatic heterocycles. The second-order valence-corrected chi connectivity index (χ2v) is 8.63. The molecule has 0 saturated carbocycles. The highest BCUT2D eigenvalue weighted by atomic mass is 35.5. The van der Waals surface area contributed by atoms with Crippen molar-refractivity contribution in [3.05, 3.63) is 70.7 Å². The maximum Gasteiger partial charge on any atom is 0.242 e. The van der Waals surface area contributed by atoms with Crippen molar-refractivity contribution in [3.8, 4) is 0 Å². The zero-order valence-electron chi connectivity index (χ0n) is 16.3. The SMILES string of the molecule is CCCCNC(=O)[C@@H](Cc1ccc(Cl)cc1)NC(=O)CSC(=S)c1ccccc1. The molecule has 0 aliphatic rings. The fourth-order valence-electron chi connectivity index (χ4n) is 2.60. The van der Waals surface area contributed by atoms with E-state index in [9.17, 15) is 9.59 Å². The molecule has 0 spiro atoms. The van der Waals surface area contributed by atoms with Crippen molar-refractivity contribution < 1.29 is 9.59 Å². The summed E-state index contributed by atoms with van der Waals surface area (Å²) in [6.45, 7) is 2.65. The highest BCUT2D eigenvalue weighted by Gasteiger charge is 2.21. The van der Waals surface area contributed by atoms with Gasteiger partial charge in [0.05, 0.1) is 9.95 Å².